The average molecular weight is 243 g/mol. The molecule has 0 unspecified atom stereocenters. The molecule has 3 nitrogen and oxygen atoms in total. The van der Waals surface area contributed by atoms with Crippen molar-refractivity contribution in [3.63, 3.8) is 0 Å². The van der Waals surface area contributed by atoms with Gasteiger partial charge in [0.2, 0.25) is 5.13 Å². The van der Waals surface area contributed by atoms with Crippen molar-refractivity contribution in [1.29, 1.82) is 0 Å². The second-order valence-corrected chi connectivity index (χ2v) is 4.07. The van der Waals surface area contributed by atoms with Crippen molar-refractivity contribution in [3.8, 4) is 11.4 Å². The standard InChI is InChI=1S/C13H13N3S/c1-3-10-16(4-2)13-14-12(15-17-13)11-8-6-5-7-9-11/h3-10H,2H2,1H3/b10-3-. The van der Waals surface area contributed by atoms with E-state index < -0.39 is 0 Å². The van der Waals surface area contributed by atoms with Crippen molar-refractivity contribution in [3.05, 3.63) is 55.4 Å². The molecule has 0 atom stereocenters. The maximum absolute atomic E-state index is 4.48. The summed E-state index contributed by atoms with van der Waals surface area (Å²) in [5, 5.41) is 0.817. The lowest BCUT2D eigenvalue weighted by Crippen LogP contribution is -2.04. The van der Waals surface area contributed by atoms with E-state index in [1.165, 1.54) is 11.5 Å². The van der Waals surface area contributed by atoms with Crippen molar-refractivity contribution < 1.29 is 0 Å². The Labute approximate surface area is 105 Å². The largest absolute Gasteiger partial charge is 0.300 e. The summed E-state index contributed by atoms with van der Waals surface area (Å²) >= 11 is 1.36. The minimum Gasteiger partial charge on any atom is -0.300 e. The van der Waals surface area contributed by atoms with Gasteiger partial charge < -0.3 is 0 Å². The van der Waals surface area contributed by atoms with Crippen molar-refractivity contribution in [1.82, 2.24) is 9.36 Å². The van der Waals surface area contributed by atoms with E-state index in [-0.39, 0.29) is 0 Å². The molecular formula is C13H13N3S. The molecule has 0 saturated heterocycles. The van der Waals surface area contributed by atoms with Crippen molar-refractivity contribution in [2.75, 3.05) is 4.90 Å². The summed E-state index contributed by atoms with van der Waals surface area (Å²) in [6.45, 7) is 5.71. The highest BCUT2D eigenvalue weighted by Crippen LogP contribution is 2.24. The molecule has 1 heterocycles. The lowest BCUT2D eigenvalue weighted by Gasteiger charge is -2.08. The van der Waals surface area contributed by atoms with Gasteiger partial charge in [0.25, 0.3) is 0 Å². The normalized spacial score (nSPS) is 10.6. The van der Waals surface area contributed by atoms with Crippen molar-refractivity contribution in [2.24, 2.45) is 0 Å². The van der Waals surface area contributed by atoms with Crippen LogP contribution >= 0.6 is 11.5 Å². The van der Waals surface area contributed by atoms with Gasteiger partial charge in [-0.2, -0.15) is 9.36 Å². The summed E-state index contributed by atoms with van der Waals surface area (Å²) in [5.41, 5.74) is 1.03. The van der Waals surface area contributed by atoms with Gasteiger partial charge in [-0.1, -0.05) is 43.0 Å². The fourth-order valence-corrected chi connectivity index (χ4v) is 2.06. The number of benzene rings is 1. The molecule has 2 rings (SSSR count). The van der Waals surface area contributed by atoms with E-state index in [9.17, 15) is 0 Å². The smallest absolute Gasteiger partial charge is 0.213 e. The number of hydrogen-bond acceptors (Lipinski definition) is 4. The monoisotopic (exact) mass is 243 g/mol. The molecule has 0 fully saturated rings. The number of aromatic nitrogens is 2. The molecule has 1 aromatic heterocycles. The van der Waals surface area contributed by atoms with Crippen LogP contribution in [0.5, 0.6) is 0 Å². The quantitative estimate of drug-likeness (QED) is 0.820. The Hall–Kier alpha value is -1.94. The van der Waals surface area contributed by atoms with Gasteiger partial charge in [-0.3, -0.25) is 4.90 Å². The first-order chi connectivity index (χ1) is 8.35. The first-order valence-corrected chi connectivity index (χ1v) is 6.05. The predicted molar refractivity (Wildman–Crippen MR) is 72.8 cm³/mol. The summed E-state index contributed by atoms with van der Waals surface area (Å²) < 4.78 is 4.34. The molecule has 0 bridgehead atoms. The highest BCUT2D eigenvalue weighted by Gasteiger charge is 2.08. The SMILES string of the molecule is C=CN(/C=C\C)c1nc(-c2ccccc2)ns1. The van der Waals surface area contributed by atoms with Gasteiger partial charge in [0, 0.05) is 29.5 Å². The molecule has 0 amide bonds. The van der Waals surface area contributed by atoms with E-state index in [2.05, 4.69) is 15.9 Å². The van der Waals surface area contributed by atoms with Crippen LogP contribution in [0, 0.1) is 0 Å². The van der Waals surface area contributed by atoms with Crippen molar-refractivity contribution >= 4 is 16.7 Å². The van der Waals surface area contributed by atoms with Crippen LogP contribution in [0.3, 0.4) is 0 Å². The Morgan fingerprint density at radius 2 is 2.06 bits per heavy atom. The Morgan fingerprint density at radius 3 is 2.71 bits per heavy atom. The first kappa shape index (κ1) is 11.5. The van der Waals surface area contributed by atoms with E-state index in [0.717, 1.165) is 16.5 Å². The predicted octanol–water partition coefficient (Wildman–Crippen LogP) is 3.69. The molecule has 1 aromatic carbocycles. The summed E-state index contributed by atoms with van der Waals surface area (Å²) in [4.78, 5) is 6.33. The maximum Gasteiger partial charge on any atom is 0.213 e. The topological polar surface area (TPSA) is 29.0 Å². The number of hydrogen-bond donors (Lipinski definition) is 0. The van der Waals surface area contributed by atoms with E-state index in [1.54, 1.807) is 6.20 Å². The summed E-state index contributed by atoms with van der Waals surface area (Å²) in [6.07, 6.45) is 5.56. The lowest BCUT2D eigenvalue weighted by molar-refractivity contribution is 1.21. The van der Waals surface area contributed by atoms with Crippen LogP contribution in [-0.4, -0.2) is 9.36 Å². The Bertz CT molecular complexity index is 516. The Kier molecular flexibility index (Phi) is 3.67. The van der Waals surface area contributed by atoms with Crippen LogP contribution in [0.4, 0.5) is 5.13 Å². The van der Waals surface area contributed by atoms with Gasteiger partial charge in [-0.15, -0.1) is 0 Å². The second kappa shape index (κ2) is 5.41. The average Bonchev–Trinajstić information content (AvgIpc) is 2.86. The third-order valence-corrected chi connectivity index (χ3v) is 2.90. The Morgan fingerprint density at radius 1 is 1.29 bits per heavy atom. The highest BCUT2D eigenvalue weighted by molar-refractivity contribution is 7.10. The molecule has 0 aliphatic heterocycles. The molecular weight excluding hydrogens is 230 g/mol. The van der Waals surface area contributed by atoms with Crippen LogP contribution in [0.15, 0.2) is 55.4 Å². The molecule has 86 valence electrons. The molecule has 0 aliphatic rings. The highest BCUT2D eigenvalue weighted by atomic mass is 32.1. The molecule has 0 saturated carbocycles. The summed E-state index contributed by atoms with van der Waals surface area (Å²) in [6, 6.07) is 9.94. The molecule has 17 heavy (non-hydrogen) atoms. The molecule has 0 radical (unpaired) electrons. The third kappa shape index (κ3) is 2.60. The lowest BCUT2D eigenvalue weighted by atomic mass is 10.2. The fourth-order valence-electron chi connectivity index (χ4n) is 1.39. The second-order valence-electron chi connectivity index (χ2n) is 3.34. The Balaban J connectivity index is 2.30. The van der Waals surface area contributed by atoms with Crippen LogP contribution in [0.2, 0.25) is 0 Å². The zero-order valence-corrected chi connectivity index (χ0v) is 10.4. The van der Waals surface area contributed by atoms with E-state index in [1.807, 2.05) is 54.4 Å². The number of anilines is 1. The molecule has 4 heteroatoms. The first-order valence-electron chi connectivity index (χ1n) is 5.28. The van der Waals surface area contributed by atoms with Crippen molar-refractivity contribution in [2.45, 2.75) is 6.92 Å². The third-order valence-electron chi connectivity index (χ3n) is 2.17. The zero-order valence-electron chi connectivity index (χ0n) is 9.58. The minimum atomic E-state index is 0.752. The van der Waals surface area contributed by atoms with E-state index in [0.29, 0.717) is 0 Å². The zero-order chi connectivity index (χ0) is 12.1. The molecule has 2 aromatic rings. The van der Waals surface area contributed by atoms with Gasteiger partial charge >= 0.3 is 0 Å². The van der Waals surface area contributed by atoms with Gasteiger partial charge in [0.05, 0.1) is 0 Å². The summed E-state index contributed by atoms with van der Waals surface area (Å²) in [7, 11) is 0. The van der Waals surface area contributed by atoms with Gasteiger partial charge in [-0.05, 0) is 6.92 Å². The van der Waals surface area contributed by atoms with E-state index >= 15 is 0 Å². The number of nitrogens with zero attached hydrogens (tertiary/aromatic N) is 3. The minimum absolute atomic E-state index is 0.752. The van der Waals surface area contributed by atoms with Crippen LogP contribution in [0.25, 0.3) is 11.4 Å². The summed E-state index contributed by atoms with van der Waals surface area (Å²) in [5.74, 6) is 0.752. The van der Waals surface area contributed by atoms with Crippen LogP contribution in [-0.2, 0) is 0 Å². The van der Waals surface area contributed by atoms with Gasteiger partial charge in [-0.25, -0.2) is 0 Å². The molecule has 0 spiro atoms. The maximum atomic E-state index is 4.48. The molecule has 0 aliphatic carbocycles. The van der Waals surface area contributed by atoms with E-state index in [4.69, 9.17) is 0 Å². The van der Waals surface area contributed by atoms with Crippen LogP contribution in [0.1, 0.15) is 6.92 Å². The van der Waals surface area contributed by atoms with Crippen LogP contribution < -0.4 is 4.90 Å². The molecule has 0 N–H and O–H groups in total. The fraction of sp³-hybridized carbons (Fsp3) is 0.0769. The van der Waals surface area contributed by atoms with Gasteiger partial charge in [0.1, 0.15) is 0 Å². The number of rotatable bonds is 4. The van der Waals surface area contributed by atoms with Gasteiger partial charge in [0.15, 0.2) is 5.82 Å². The number of allylic oxidation sites excluding steroid dienone is 1.